The first-order valence-corrected chi connectivity index (χ1v) is 10.5. The lowest BCUT2D eigenvalue weighted by Gasteiger charge is -2.11. The van der Waals surface area contributed by atoms with E-state index in [0.717, 1.165) is 5.69 Å². The Labute approximate surface area is 214 Å². The monoisotopic (exact) mass is 507 g/mol. The summed E-state index contributed by atoms with van der Waals surface area (Å²) in [6, 6.07) is 24.4. The van der Waals surface area contributed by atoms with Crippen molar-refractivity contribution in [3.63, 3.8) is 0 Å². The Balaban J connectivity index is 0.000000250. The van der Waals surface area contributed by atoms with Crippen molar-refractivity contribution in [2.24, 2.45) is 10.2 Å². The second-order valence-corrected chi connectivity index (χ2v) is 7.09. The first-order chi connectivity index (χ1) is 16.9. The number of aromatic nitrogens is 1. The van der Waals surface area contributed by atoms with Crippen LogP contribution in [0, 0.1) is 0 Å². The Kier molecular flexibility index (Phi) is 10.2. The lowest BCUT2D eigenvalue weighted by molar-refractivity contribution is 0.103. The zero-order chi connectivity index (χ0) is 25.2. The van der Waals surface area contributed by atoms with E-state index >= 15 is 0 Å². The van der Waals surface area contributed by atoms with Gasteiger partial charge in [-0.2, -0.15) is 5.11 Å². The molecule has 1 aromatic heterocycles. The van der Waals surface area contributed by atoms with Crippen LogP contribution >= 0.6 is 12.4 Å². The quantitative estimate of drug-likeness (QED) is 0.223. The Morgan fingerprint density at radius 1 is 0.861 bits per heavy atom. The van der Waals surface area contributed by atoms with Crippen molar-refractivity contribution < 1.29 is 19.4 Å². The smallest absolute Gasteiger partial charge is 0.200 e. The van der Waals surface area contributed by atoms with Crippen LogP contribution in [0.3, 0.4) is 0 Å². The maximum absolute atomic E-state index is 12.4. The number of nitrogens with two attached hydrogens (primary N) is 2. The predicted octanol–water partition coefficient (Wildman–Crippen LogP) is 5.72. The number of ether oxygens (including phenoxy) is 2. The molecule has 0 aliphatic rings. The molecule has 0 radical (unpaired) electrons. The molecule has 10 heteroatoms. The third-order valence-corrected chi connectivity index (χ3v) is 4.73. The average Bonchev–Trinajstić information content (AvgIpc) is 2.88. The summed E-state index contributed by atoms with van der Waals surface area (Å²) in [6.45, 7) is 0. The molecule has 0 saturated carbocycles. The molecule has 0 atom stereocenters. The molecule has 0 unspecified atom stereocenters. The van der Waals surface area contributed by atoms with Crippen molar-refractivity contribution in [3.8, 4) is 17.2 Å². The molecule has 186 valence electrons. The molecule has 5 N–H and O–H groups in total. The SMILES string of the molecule is COc1cc(O)c(C(=O)c2ccccc2)c(OC)c1.Cl.Nc1ccc(N=Nc2ccccc2)c(N)n1. The zero-order valence-corrected chi connectivity index (χ0v) is 20.5. The molecule has 0 spiro atoms. The number of carbonyl (C=O) groups excluding carboxylic acids is 1. The van der Waals surface area contributed by atoms with Crippen LogP contribution in [0.25, 0.3) is 0 Å². The van der Waals surface area contributed by atoms with Gasteiger partial charge in [0.05, 0.1) is 19.9 Å². The summed E-state index contributed by atoms with van der Waals surface area (Å²) in [4.78, 5) is 16.3. The molecule has 0 bridgehead atoms. The summed E-state index contributed by atoms with van der Waals surface area (Å²) in [7, 11) is 2.92. The molecule has 9 nitrogen and oxygen atoms in total. The summed E-state index contributed by atoms with van der Waals surface area (Å²) >= 11 is 0. The highest BCUT2D eigenvalue weighted by molar-refractivity contribution is 6.12. The lowest BCUT2D eigenvalue weighted by Crippen LogP contribution is -2.04. The van der Waals surface area contributed by atoms with Crippen molar-refractivity contribution in [2.75, 3.05) is 25.7 Å². The van der Waals surface area contributed by atoms with Crippen LogP contribution in [-0.2, 0) is 0 Å². The van der Waals surface area contributed by atoms with Gasteiger partial charge in [-0.15, -0.1) is 17.5 Å². The van der Waals surface area contributed by atoms with Crippen molar-refractivity contribution in [1.29, 1.82) is 0 Å². The fourth-order valence-corrected chi connectivity index (χ4v) is 2.99. The number of halogens is 1. The molecule has 0 aliphatic carbocycles. The third kappa shape index (κ3) is 7.18. The van der Waals surface area contributed by atoms with Gasteiger partial charge in [0.25, 0.3) is 0 Å². The number of benzene rings is 3. The highest BCUT2D eigenvalue weighted by Gasteiger charge is 2.20. The number of aromatic hydroxyl groups is 1. The third-order valence-electron chi connectivity index (χ3n) is 4.73. The van der Waals surface area contributed by atoms with Gasteiger partial charge in [-0.1, -0.05) is 48.5 Å². The van der Waals surface area contributed by atoms with E-state index in [1.165, 1.54) is 20.3 Å². The molecule has 3 aromatic carbocycles. The number of rotatable bonds is 6. The molecule has 1 heterocycles. The van der Waals surface area contributed by atoms with Gasteiger partial charge in [0, 0.05) is 17.7 Å². The number of nitrogens with zero attached hydrogens (tertiary/aromatic N) is 3. The standard InChI is InChI=1S/C15H14O4.C11H11N5.ClH/c1-18-11-8-12(16)14(13(9-11)19-2)15(17)10-6-4-3-5-7-10;12-10-7-6-9(11(13)14-10)16-15-8-4-2-1-3-5-8;/h3-9,16H,1-2H3;1-7H,(H4,12,13,14);1H. The topological polar surface area (TPSA) is 145 Å². The van der Waals surface area contributed by atoms with E-state index in [-0.39, 0.29) is 41.1 Å². The summed E-state index contributed by atoms with van der Waals surface area (Å²) in [5.74, 6) is 0.906. The average molecular weight is 508 g/mol. The van der Waals surface area contributed by atoms with Crippen LogP contribution < -0.4 is 20.9 Å². The summed E-state index contributed by atoms with van der Waals surface area (Å²) in [5.41, 5.74) is 13.0. The molecule has 0 fully saturated rings. The molecule has 36 heavy (non-hydrogen) atoms. The van der Waals surface area contributed by atoms with Crippen LogP contribution in [0.4, 0.5) is 23.0 Å². The second kappa shape index (κ2) is 13.3. The maximum atomic E-state index is 12.4. The lowest BCUT2D eigenvalue weighted by atomic mass is 10.0. The molecule has 0 amide bonds. The van der Waals surface area contributed by atoms with Crippen LogP contribution in [-0.4, -0.2) is 30.1 Å². The second-order valence-electron chi connectivity index (χ2n) is 7.09. The number of phenols is 1. The Morgan fingerprint density at radius 2 is 1.50 bits per heavy atom. The van der Waals surface area contributed by atoms with Crippen molar-refractivity contribution in [3.05, 3.63) is 96.1 Å². The molecular weight excluding hydrogens is 482 g/mol. The number of azo groups is 1. The van der Waals surface area contributed by atoms with Crippen LogP contribution in [0.5, 0.6) is 17.2 Å². The predicted molar refractivity (Wildman–Crippen MR) is 142 cm³/mol. The first-order valence-electron chi connectivity index (χ1n) is 10.5. The van der Waals surface area contributed by atoms with Gasteiger partial charge in [-0.05, 0) is 24.3 Å². The number of methoxy groups -OCH3 is 2. The van der Waals surface area contributed by atoms with Gasteiger partial charge >= 0.3 is 0 Å². The fraction of sp³-hybridized carbons (Fsp3) is 0.0769. The number of nitrogen functional groups attached to an aromatic ring is 2. The highest BCUT2D eigenvalue weighted by atomic mass is 35.5. The first kappa shape index (κ1) is 27.6. The van der Waals surface area contributed by atoms with Crippen molar-refractivity contribution in [1.82, 2.24) is 4.98 Å². The van der Waals surface area contributed by atoms with Crippen LogP contribution in [0.15, 0.2) is 95.2 Å². The summed E-state index contributed by atoms with van der Waals surface area (Å²) in [6.07, 6.45) is 0. The van der Waals surface area contributed by atoms with E-state index in [1.807, 2.05) is 36.4 Å². The number of hydrogen-bond acceptors (Lipinski definition) is 9. The van der Waals surface area contributed by atoms with E-state index < -0.39 is 0 Å². The number of hydrogen-bond donors (Lipinski definition) is 3. The normalized spacial score (nSPS) is 10.1. The summed E-state index contributed by atoms with van der Waals surface area (Å²) < 4.78 is 10.2. The largest absolute Gasteiger partial charge is 0.507 e. The number of ketones is 1. The van der Waals surface area contributed by atoms with E-state index in [1.54, 1.807) is 42.5 Å². The van der Waals surface area contributed by atoms with Crippen LogP contribution in [0.1, 0.15) is 15.9 Å². The van der Waals surface area contributed by atoms with Gasteiger partial charge < -0.3 is 26.0 Å². The molecule has 4 aromatic rings. The number of phenolic OH excluding ortho intramolecular Hbond substituents is 1. The molecule has 4 rings (SSSR count). The van der Waals surface area contributed by atoms with Crippen molar-refractivity contribution in [2.45, 2.75) is 0 Å². The van der Waals surface area contributed by atoms with Crippen LogP contribution in [0.2, 0.25) is 0 Å². The summed E-state index contributed by atoms with van der Waals surface area (Å²) in [5, 5.41) is 18.0. The minimum atomic E-state index is -0.294. The Morgan fingerprint density at radius 3 is 2.08 bits per heavy atom. The maximum Gasteiger partial charge on any atom is 0.200 e. The molecule has 0 saturated heterocycles. The van der Waals surface area contributed by atoms with Gasteiger partial charge in [0.1, 0.15) is 34.3 Å². The van der Waals surface area contributed by atoms with E-state index in [0.29, 0.717) is 22.8 Å². The number of pyridine rings is 1. The minimum absolute atomic E-state index is 0. The Bertz CT molecular complexity index is 1320. The van der Waals surface area contributed by atoms with Crippen molar-refractivity contribution >= 4 is 41.2 Å². The highest BCUT2D eigenvalue weighted by Crippen LogP contribution is 2.34. The van der Waals surface area contributed by atoms with E-state index in [2.05, 4.69) is 15.2 Å². The minimum Gasteiger partial charge on any atom is -0.507 e. The van der Waals surface area contributed by atoms with E-state index in [9.17, 15) is 9.90 Å². The Hall–Kier alpha value is -4.63. The van der Waals surface area contributed by atoms with Gasteiger partial charge in [0.2, 0.25) is 5.78 Å². The zero-order valence-electron chi connectivity index (χ0n) is 19.7. The van der Waals surface area contributed by atoms with E-state index in [4.69, 9.17) is 20.9 Å². The van der Waals surface area contributed by atoms with Gasteiger partial charge in [0.15, 0.2) is 5.82 Å². The fourth-order valence-electron chi connectivity index (χ4n) is 2.99. The van der Waals surface area contributed by atoms with Gasteiger partial charge in [-0.25, -0.2) is 4.98 Å². The number of anilines is 2. The molecular formula is C26H26ClN5O4. The number of carbonyl (C=O) groups is 1. The van der Waals surface area contributed by atoms with Gasteiger partial charge in [-0.3, -0.25) is 4.79 Å². The molecule has 0 aliphatic heterocycles.